The van der Waals surface area contributed by atoms with Gasteiger partial charge < -0.3 is 24.4 Å². The Labute approximate surface area is 220 Å². The highest BCUT2D eigenvalue weighted by Gasteiger charge is 2.32. The molecular formula is C27H28ClN5O4. The molecule has 3 aromatic rings. The number of hydrogen-bond acceptors (Lipinski definition) is 5. The summed E-state index contributed by atoms with van der Waals surface area (Å²) >= 11 is 6.54. The van der Waals surface area contributed by atoms with Crippen molar-refractivity contribution in [1.82, 2.24) is 20.1 Å². The summed E-state index contributed by atoms with van der Waals surface area (Å²) in [5, 5.41) is 3.06. The Morgan fingerprint density at radius 2 is 1.92 bits per heavy atom. The Morgan fingerprint density at radius 3 is 2.65 bits per heavy atom. The first-order valence-electron chi connectivity index (χ1n) is 12.3. The Kier molecular flexibility index (Phi) is 7.14. The van der Waals surface area contributed by atoms with Crippen molar-refractivity contribution in [2.24, 2.45) is 0 Å². The third kappa shape index (κ3) is 5.17. The number of carbonyl (C=O) groups is 3. The number of oxazole rings is 1. The second-order valence-corrected chi connectivity index (χ2v) is 9.71. The van der Waals surface area contributed by atoms with E-state index in [1.54, 1.807) is 39.1 Å². The lowest BCUT2D eigenvalue weighted by atomic mass is 10.1. The standard InChI is InChI=1S/C27H28ClN5O4/c1-18-16-33(26(35)21-9-8-19(14-22(21)28)25-29-10-13-37-25)23-7-3-2-6-20(23)17-32(18)27(36)30-15-24(34)31-11-4-5-12-31/h2-3,6-10,13-14,18H,4-5,11-12,15-17H2,1H3,(H,30,36)/t18-/m1/s1. The maximum atomic E-state index is 13.8. The van der Waals surface area contributed by atoms with Crippen molar-refractivity contribution < 1.29 is 18.8 Å². The lowest BCUT2D eigenvalue weighted by molar-refractivity contribution is -0.129. The summed E-state index contributed by atoms with van der Waals surface area (Å²) in [6.45, 7) is 3.89. The number of rotatable bonds is 4. The average Bonchev–Trinajstić information content (AvgIpc) is 3.61. The number of anilines is 1. The fourth-order valence-corrected chi connectivity index (χ4v) is 5.10. The summed E-state index contributed by atoms with van der Waals surface area (Å²) in [6, 6.07) is 11.9. The number of nitrogens with zero attached hydrogens (tertiary/aromatic N) is 4. The molecule has 4 amide bonds. The van der Waals surface area contributed by atoms with Crippen LogP contribution in [0.3, 0.4) is 0 Å². The minimum absolute atomic E-state index is 0.0428. The molecule has 2 aliphatic heterocycles. The molecule has 0 bridgehead atoms. The second kappa shape index (κ2) is 10.6. The van der Waals surface area contributed by atoms with Gasteiger partial charge in [-0.15, -0.1) is 0 Å². The number of hydrogen-bond donors (Lipinski definition) is 1. The topological polar surface area (TPSA) is 99.0 Å². The van der Waals surface area contributed by atoms with Gasteiger partial charge in [0, 0.05) is 43.5 Å². The molecule has 2 aromatic carbocycles. The van der Waals surface area contributed by atoms with Gasteiger partial charge in [-0.25, -0.2) is 9.78 Å². The SMILES string of the molecule is C[C@@H]1CN(C(=O)c2ccc(-c3ncco3)cc2Cl)c2ccccc2CN1C(=O)NCC(=O)N1CCCC1. The molecule has 0 unspecified atom stereocenters. The number of aromatic nitrogens is 1. The van der Waals surface area contributed by atoms with Crippen molar-refractivity contribution in [3.63, 3.8) is 0 Å². The first-order chi connectivity index (χ1) is 17.9. The number of urea groups is 1. The molecule has 9 nitrogen and oxygen atoms in total. The number of halogens is 1. The minimum atomic E-state index is -0.336. The number of benzene rings is 2. The van der Waals surface area contributed by atoms with Gasteiger partial charge in [-0.2, -0.15) is 0 Å². The first kappa shape index (κ1) is 24.8. The Hall–Kier alpha value is -3.85. The molecule has 192 valence electrons. The summed E-state index contributed by atoms with van der Waals surface area (Å²) in [7, 11) is 0. The van der Waals surface area contributed by atoms with E-state index in [2.05, 4.69) is 10.3 Å². The van der Waals surface area contributed by atoms with Crippen molar-refractivity contribution in [2.75, 3.05) is 31.1 Å². The smallest absolute Gasteiger partial charge is 0.318 e. The van der Waals surface area contributed by atoms with Gasteiger partial charge in [-0.3, -0.25) is 9.59 Å². The van der Waals surface area contributed by atoms with Crippen LogP contribution in [0.1, 0.15) is 35.7 Å². The van der Waals surface area contributed by atoms with Gasteiger partial charge in [0.1, 0.15) is 6.26 Å². The number of fused-ring (bicyclic) bond motifs is 1. The van der Waals surface area contributed by atoms with Gasteiger partial charge in [0.15, 0.2) is 0 Å². The van der Waals surface area contributed by atoms with Crippen molar-refractivity contribution in [2.45, 2.75) is 32.4 Å². The lowest BCUT2D eigenvalue weighted by Crippen LogP contribution is -2.50. The van der Waals surface area contributed by atoms with Crippen LogP contribution in [-0.4, -0.2) is 64.9 Å². The highest BCUT2D eigenvalue weighted by Crippen LogP contribution is 2.31. The van der Waals surface area contributed by atoms with Crippen LogP contribution in [0.15, 0.2) is 59.3 Å². The average molecular weight is 522 g/mol. The fourth-order valence-electron chi connectivity index (χ4n) is 4.84. The summed E-state index contributed by atoms with van der Waals surface area (Å²) in [5.74, 6) is 0.0718. The summed E-state index contributed by atoms with van der Waals surface area (Å²) in [4.78, 5) is 48.6. The molecule has 1 saturated heterocycles. The molecule has 37 heavy (non-hydrogen) atoms. The molecule has 1 fully saturated rings. The fraction of sp³-hybridized carbons (Fsp3) is 0.333. The van der Waals surface area contributed by atoms with Crippen LogP contribution in [0.4, 0.5) is 10.5 Å². The molecule has 1 N–H and O–H groups in total. The van der Waals surface area contributed by atoms with Crippen molar-refractivity contribution in [1.29, 1.82) is 0 Å². The van der Waals surface area contributed by atoms with Crippen LogP contribution in [-0.2, 0) is 11.3 Å². The van der Waals surface area contributed by atoms with Gasteiger partial charge >= 0.3 is 6.03 Å². The number of amides is 4. The van der Waals surface area contributed by atoms with Crippen molar-refractivity contribution >= 4 is 35.1 Å². The summed E-state index contributed by atoms with van der Waals surface area (Å²) in [5.41, 5.74) is 2.56. The molecule has 1 aromatic heterocycles. The van der Waals surface area contributed by atoms with Crippen LogP contribution in [0.5, 0.6) is 0 Å². The predicted molar refractivity (Wildman–Crippen MR) is 139 cm³/mol. The third-order valence-corrected chi connectivity index (χ3v) is 7.15. The zero-order chi connectivity index (χ0) is 25.9. The molecule has 2 aliphatic rings. The van der Waals surface area contributed by atoms with Crippen molar-refractivity contribution in [3.8, 4) is 11.5 Å². The third-order valence-electron chi connectivity index (χ3n) is 6.84. The quantitative estimate of drug-likeness (QED) is 0.555. The number of para-hydroxylation sites is 1. The van der Waals surface area contributed by atoms with Gasteiger partial charge in [0.2, 0.25) is 11.8 Å². The zero-order valence-corrected chi connectivity index (χ0v) is 21.3. The molecule has 0 aliphatic carbocycles. The summed E-state index contributed by atoms with van der Waals surface area (Å²) < 4.78 is 5.33. The molecule has 1 atom stereocenters. The Balaban J connectivity index is 1.36. The van der Waals surface area contributed by atoms with E-state index >= 15 is 0 Å². The molecule has 0 saturated carbocycles. The maximum absolute atomic E-state index is 13.8. The van der Waals surface area contributed by atoms with Crippen molar-refractivity contribution in [3.05, 3.63) is 71.1 Å². The van der Waals surface area contributed by atoms with E-state index in [4.69, 9.17) is 16.0 Å². The van der Waals surface area contributed by atoms with E-state index in [1.165, 1.54) is 6.26 Å². The first-order valence-corrected chi connectivity index (χ1v) is 12.7. The van der Waals surface area contributed by atoms with E-state index in [0.29, 0.717) is 23.6 Å². The van der Waals surface area contributed by atoms with E-state index in [9.17, 15) is 14.4 Å². The van der Waals surface area contributed by atoms with Crippen LogP contribution >= 0.6 is 11.6 Å². The van der Waals surface area contributed by atoms with Crippen LogP contribution in [0, 0.1) is 0 Å². The maximum Gasteiger partial charge on any atom is 0.318 e. The van der Waals surface area contributed by atoms with E-state index in [1.807, 2.05) is 31.2 Å². The summed E-state index contributed by atoms with van der Waals surface area (Å²) in [6.07, 6.45) is 5.01. The minimum Gasteiger partial charge on any atom is -0.445 e. The molecule has 3 heterocycles. The Morgan fingerprint density at radius 1 is 1.14 bits per heavy atom. The molecule has 10 heteroatoms. The van der Waals surface area contributed by atoms with E-state index in [0.717, 1.165) is 37.2 Å². The molecule has 5 rings (SSSR count). The normalized spacial score (nSPS) is 17.4. The predicted octanol–water partition coefficient (Wildman–Crippen LogP) is 4.18. The molecule has 0 spiro atoms. The highest BCUT2D eigenvalue weighted by atomic mass is 35.5. The largest absolute Gasteiger partial charge is 0.445 e. The lowest BCUT2D eigenvalue weighted by Gasteiger charge is -2.29. The Bertz CT molecular complexity index is 1310. The van der Waals surface area contributed by atoms with E-state index in [-0.39, 0.29) is 42.0 Å². The van der Waals surface area contributed by atoms with Gasteiger partial charge in [-0.1, -0.05) is 29.8 Å². The van der Waals surface area contributed by atoms with Gasteiger partial charge in [-0.05, 0) is 49.6 Å². The second-order valence-electron chi connectivity index (χ2n) is 9.30. The highest BCUT2D eigenvalue weighted by molar-refractivity contribution is 6.34. The van der Waals surface area contributed by atoms with Crippen LogP contribution in [0.2, 0.25) is 5.02 Å². The van der Waals surface area contributed by atoms with E-state index < -0.39 is 0 Å². The van der Waals surface area contributed by atoms with Gasteiger partial charge in [0.25, 0.3) is 5.91 Å². The van der Waals surface area contributed by atoms with Gasteiger partial charge in [0.05, 0.1) is 23.3 Å². The number of nitrogens with one attached hydrogen (secondary N) is 1. The van der Waals surface area contributed by atoms with Crippen LogP contribution < -0.4 is 10.2 Å². The molecular weight excluding hydrogens is 494 g/mol. The zero-order valence-electron chi connectivity index (χ0n) is 20.5. The molecule has 0 radical (unpaired) electrons. The monoisotopic (exact) mass is 521 g/mol. The number of carbonyl (C=O) groups excluding carboxylic acids is 3. The van der Waals surface area contributed by atoms with Crippen LogP contribution in [0.25, 0.3) is 11.5 Å². The number of likely N-dealkylation sites (tertiary alicyclic amines) is 1.